The number of rotatable bonds is 35. The SMILES string of the molecule is CC/C=C\C/C=C\C/C=C\CCCCCC(=O)NC(COC1OC(CO)C(OC2OC(CO)C(OC3OC(CO)C(O)C(O)C3O)C(O)C2O)C(O)C1O)C(O)/C=C/CCCCCCCCCCCC. The Balaban J connectivity index is 1.58. The molecule has 19 heteroatoms. The maximum Gasteiger partial charge on any atom is 0.220 e. The van der Waals surface area contributed by atoms with Gasteiger partial charge < -0.3 is 89.9 Å². The number of nitrogens with one attached hydrogen (secondary N) is 1. The first-order valence-corrected chi connectivity index (χ1v) is 25.9. The minimum atomic E-state index is -1.98. The van der Waals surface area contributed by atoms with E-state index in [2.05, 4.69) is 55.6 Å². The molecule has 17 atom stereocenters. The molecule has 3 saturated heterocycles. The van der Waals surface area contributed by atoms with Gasteiger partial charge in [-0.25, -0.2) is 0 Å². The Morgan fingerprint density at radius 3 is 1.54 bits per heavy atom. The summed E-state index contributed by atoms with van der Waals surface area (Å²) >= 11 is 0. The van der Waals surface area contributed by atoms with E-state index in [0.717, 1.165) is 64.2 Å². The summed E-state index contributed by atoms with van der Waals surface area (Å²) in [7, 11) is 0. The predicted octanol–water partition coefficient (Wildman–Crippen LogP) is 1.97. The number of allylic oxidation sites excluding steroid dienone is 7. The van der Waals surface area contributed by atoms with Gasteiger partial charge in [-0.15, -0.1) is 0 Å². The van der Waals surface area contributed by atoms with Gasteiger partial charge in [-0.1, -0.05) is 127 Å². The van der Waals surface area contributed by atoms with E-state index in [-0.39, 0.29) is 18.9 Å². The van der Waals surface area contributed by atoms with Gasteiger partial charge in [0.1, 0.15) is 73.2 Å². The van der Waals surface area contributed by atoms with E-state index >= 15 is 0 Å². The van der Waals surface area contributed by atoms with Crippen LogP contribution in [0.2, 0.25) is 0 Å². The fraction of sp³-hybridized carbons (Fsp3) is 0.824. The number of aliphatic hydroxyl groups is 11. The van der Waals surface area contributed by atoms with Crippen LogP contribution >= 0.6 is 0 Å². The maximum absolute atomic E-state index is 13.2. The van der Waals surface area contributed by atoms with E-state index in [9.17, 15) is 61.0 Å². The van der Waals surface area contributed by atoms with Gasteiger partial charge in [0.25, 0.3) is 0 Å². The molecule has 406 valence electrons. The third-order valence-corrected chi connectivity index (χ3v) is 12.9. The van der Waals surface area contributed by atoms with Crippen molar-refractivity contribution in [2.45, 2.75) is 240 Å². The average molecular weight is 1000 g/mol. The molecule has 1 amide bonds. The lowest BCUT2D eigenvalue weighted by Gasteiger charge is -2.48. The molecule has 0 aliphatic carbocycles. The van der Waals surface area contributed by atoms with Crippen LogP contribution in [0.25, 0.3) is 0 Å². The van der Waals surface area contributed by atoms with E-state index in [1.807, 2.05) is 6.08 Å². The smallest absolute Gasteiger partial charge is 0.220 e. The van der Waals surface area contributed by atoms with Gasteiger partial charge >= 0.3 is 0 Å². The normalized spacial score (nSPS) is 33.0. The highest BCUT2D eigenvalue weighted by Gasteiger charge is 2.53. The number of hydrogen-bond donors (Lipinski definition) is 12. The van der Waals surface area contributed by atoms with Crippen LogP contribution in [0.1, 0.15) is 136 Å². The molecule has 19 nitrogen and oxygen atoms in total. The molecule has 0 radical (unpaired) electrons. The summed E-state index contributed by atoms with van der Waals surface area (Å²) in [5, 5.41) is 120. The number of carbonyl (C=O) groups is 1. The van der Waals surface area contributed by atoms with Gasteiger partial charge in [0.05, 0.1) is 38.6 Å². The van der Waals surface area contributed by atoms with Crippen LogP contribution in [0.4, 0.5) is 0 Å². The molecule has 12 N–H and O–H groups in total. The Labute approximate surface area is 414 Å². The first-order chi connectivity index (χ1) is 33.8. The number of carbonyl (C=O) groups excluding carboxylic acids is 1. The van der Waals surface area contributed by atoms with Gasteiger partial charge in [-0.05, 0) is 51.4 Å². The van der Waals surface area contributed by atoms with Crippen molar-refractivity contribution in [2.75, 3.05) is 26.4 Å². The van der Waals surface area contributed by atoms with E-state index < -0.39 is 124 Å². The number of hydrogen-bond acceptors (Lipinski definition) is 18. The van der Waals surface area contributed by atoms with Crippen LogP contribution in [0.15, 0.2) is 48.6 Å². The van der Waals surface area contributed by atoms with Crippen molar-refractivity contribution in [3.8, 4) is 0 Å². The molecule has 0 aromatic heterocycles. The number of unbranched alkanes of at least 4 members (excludes halogenated alkanes) is 13. The second-order valence-electron chi connectivity index (χ2n) is 18.6. The van der Waals surface area contributed by atoms with Gasteiger partial charge in [-0.3, -0.25) is 4.79 Å². The van der Waals surface area contributed by atoms with Gasteiger partial charge in [0, 0.05) is 6.42 Å². The number of ether oxygens (including phenoxy) is 6. The summed E-state index contributed by atoms with van der Waals surface area (Å²) < 4.78 is 34.1. The summed E-state index contributed by atoms with van der Waals surface area (Å²) in [6.07, 6.45) is 8.35. The molecule has 17 unspecified atom stereocenters. The Morgan fingerprint density at radius 2 is 0.986 bits per heavy atom. The summed E-state index contributed by atoms with van der Waals surface area (Å²) in [5.41, 5.74) is 0. The second-order valence-corrected chi connectivity index (χ2v) is 18.6. The minimum absolute atomic E-state index is 0.206. The first kappa shape index (κ1) is 62.0. The van der Waals surface area contributed by atoms with Gasteiger partial charge in [0.15, 0.2) is 18.9 Å². The lowest BCUT2D eigenvalue weighted by molar-refractivity contribution is -0.379. The summed E-state index contributed by atoms with van der Waals surface area (Å²) in [6.45, 7) is 1.52. The van der Waals surface area contributed by atoms with Crippen molar-refractivity contribution in [3.63, 3.8) is 0 Å². The monoisotopic (exact) mass is 1000 g/mol. The van der Waals surface area contributed by atoms with Gasteiger partial charge in [-0.2, -0.15) is 0 Å². The second kappa shape index (κ2) is 35.8. The van der Waals surface area contributed by atoms with E-state index in [1.165, 1.54) is 44.9 Å². The molecule has 0 bridgehead atoms. The Kier molecular flexibility index (Phi) is 31.8. The molecular weight excluding hydrogens is 915 g/mol. The molecule has 0 aromatic rings. The predicted molar refractivity (Wildman–Crippen MR) is 259 cm³/mol. The number of amides is 1. The molecule has 3 aliphatic rings. The fourth-order valence-electron chi connectivity index (χ4n) is 8.55. The molecule has 3 rings (SSSR count). The number of aliphatic hydroxyl groups excluding tert-OH is 11. The molecule has 3 fully saturated rings. The van der Waals surface area contributed by atoms with Crippen LogP contribution in [-0.2, 0) is 33.2 Å². The highest BCUT2D eigenvalue weighted by molar-refractivity contribution is 5.76. The largest absolute Gasteiger partial charge is 0.394 e. The van der Waals surface area contributed by atoms with Crippen LogP contribution < -0.4 is 5.32 Å². The van der Waals surface area contributed by atoms with Crippen molar-refractivity contribution < 1.29 is 89.4 Å². The molecule has 70 heavy (non-hydrogen) atoms. The Hall–Kier alpha value is -2.25. The zero-order chi connectivity index (χ0) is 51.3. The fourth-order valence-corrected chi connectivity index (χ4v) is 8.55. The summed E-state index contributed by atoms with van der Waals surface area (Å²) in [6, 6.07) is -0.986. The molecule has 3 heterocycles. The third-order valence-electron chi connectivity index (χ3n) is 12.9. The zero-order valence-electron chi connectivity index (χ0n) is 41.5. The molecular formula is C51H89NO18. The van der Waals surface area contributed by atoms with Gasteiger partial charge in [0.2, 0.25) is 5.91 Å². The van der Waals surface area contributed by atoms with Crippen molar-refractivity contribution in [1.82, 2.24) is 5.32 Å². The maximum atomic E-state index is 13.2. The highest BCUT2D eigenvalue weighted by Crippen LogP contribution is 2.33. The van der Waals surface area contributed by atoms with E-state index in [0.29, 0.717) is 6.42 Å². The lowest BCUT2D eigenvalue weighted by atomic mass is 9.96. The van der Waals surface area contributed by atoms with E-state index in [1.54, 1.807) is 6.08 Å². The van der Waals surface area contributed by atoms with Crippen molar-refractivity contribution >= 4 is 5.91 Å². The topological polar surface area (TPSA) is 307 Å². The summed E-state index contributed by atoms with van der Waals surface area (Å²) in [4.78, 5) is 13.2. The first-order valence-electron chi connectivity index (χ1n) is 25.9. The third kappa shape index (κ3) is 21.3. The minimum Gasteiger partial charge on any atom is -0.394 e. The Bertz CT molecular complexity index is 1480. The highest BCUT2D eigenvalue weighted by atomic mass is 16.8. The van der Waals surface area contributed by atoms with Crippen molar-refractivity contribution in [3.05, 3.63) is 48.6 Å². The van der Waals surface area contributed by atoms with Crippen LogP contribution in [0.5, 0.6) is 0 Å². The van der Waals surface area contributed by atoms with Crippen molar-refractivity contribution in [1.29, 1.82) is 0 Å². The molecule has 0 aromatic carbocycles. The molecule has 0 spiro atoms. The van der Waals surface area contributed by atoms with Crippen molar-refractivity contribution in [2.24, 2.45) is 0 Å². The van der Waals surface area contributed by atoms with Crippen LogP contribution in [-0.4, -0.2) is 193 Å². The lowest BCUT2D eigenvalue weighted by Crippen LogP contribution is -2.66. The Morgan fingerprint density at radius 1 is 0.529 bits per heavy atom. The van der Waals surface area contributed by atoms with Crippen LogP contribution in [0.3, 0.4) is 0 Å². The molecule has 0 saturated carbocycles. The molecule has 3 aliphatic heterocycles. The zero-order valence-corrected chi connectivity index (χ0v) is 41.5. The van der Waals surface area contributed by atoms with E-state index in [4.69, 9.17) is 28.4 Å². The standard InChI is InChI=1S/C51H89NO18/c1-3-5-7-9-11-13-15-17-19-21-23-25-27-29-39(57)52-34(35(56)28-26-24-22-20-18-16-14-12-10-8-6-4-2)33-65-49-45(63)42(60)47(37(31-54)67-49)70-51-46(64)43(61)48(38(32-55)68-51)69-50-44(62)41(59)40(58)36(30-53)66-50/h5,7,11,13,17,19,26,28,34-38,40-51,53-56,58-64H,3-4,6,8-10,12,14-16,18,20-25,27,29-33H2,1-2H3,(H,52,57)/b7-5-,13-11-,19-17-,28-26+. The average Bonchev–Trinajstić information content (AvgIpc) is 3.35. The van der Waals surface area contributed by atoms with Crippen LogP contribution in [0, 0.1) is 0 Å². The quantitative estimate of drug-likeness (QED) is 0.0319. The summed E-state index contributed by atoms with van der Waals surface area (Å²) in [5.74, 6) is -0.310.